The molecule has 0 bridgehead atoms. The van der Waals surface area contributed by atoms with Crippen molar-refractivity contribution in [2.24, 2.45) is 5.92 Å². The Hall–Kier alpha value is -2.99. The predicted molar refractivity (Wildman–Crippen MR) is 107 cm³/mol. The molecule has 6 nitrogen and oxygen atoms in total. The Bertz CT molecular complexity index is 1000. The smallest absolute Gasteiger partial charge is 0.231 e. The minimum atomic E-state index is -0.175. The van der Waals surface area contributed by atoms with Crippen LogP contribution in [0.15, 0.2) is 36.1 Å². The molecule has 0 saturated carbocycles. The zero-order valence-electron chi connectivity index (χ0n) is 16.3. The highest BCUT2D eigenvalue weighted by atomic mass is 16.7. The van der Waals surface area contributed by atoms with Crippen molar-refractivity contribution in [3.63, 3.8) is 0 Å². The molecule has 1 fully saturated rings. The molecule has 3 heterocycles. The zero-order chi connectivity index (χ0) is 20.0. The third-order valence-electron chi connectivity index (χ3n) is 5.87. The number of aromatic hydroxyl groups is 1. The first-order valence-electron chi connectivity index (χ1n) is 9.99. The van der Waals surface area contributed by atoms with E-state index in [1.54, 1.807) is 18.2 Å². The van der Waals surface area contributed by atoms with Crippen LogP contribution >= 0.6 is 0 Å². The van der Waals surface area contributed by atoms with Crippen LogP contribution in [-0.4, -0.2) is 35.7 Å². The zero-order valence-corrected chi connectivity index (χ0v) is 16.3. The van der Waals surface area contributed by atoms with Crippen LogP contribution in [0.4, 0.5) is 0 Å². The van der Waals surface area contributed by atoms with Gasteiger partial charge in [0.05, 0.1) is 11.1 Å². The molecule has 3 aliphatic heterocycles. The molecule has 150 valence electrons. The van der Waals surface area contributed by atoms with Crippen molar-refractivity contribution in [2.75, 3.05) is 19.9 Å². The number of phenols is 1. The Morgan fingerprint density at radius 3 is 2.76 bits per heavy atom. The number of rotatable bonds is 3. The lowest BCUT2D eigenvalue weighted by Gasteiger charge is -2.30. The number of hydrogen-bond donors (Lipinski definition) is 1. The van der Waals surface area contributed by atoms with Gasteiger partial charge in [0.2, 0.25) is 12.6 Å². The largest absolute Gasteiger partial charge is 0.507 e. The average molecular weight is 393 g/mol. The molecule has 0 unspecified atom stereocenters. The molecule has 1 N–H and O–H groups in total. The minimum Gasteiger partial charge on any atom is -0.507 e. The Morgan fingerprint density at radius 2 is 1.93 bits per heavy atom. The molecule has 0 aromatic heterocycles. The molecule has 2 aromatic carbocycles. The first-order chi connectivity index (χ1) is 14.1. The van der Waals surface area contributed by atoms with Crippen molar-refractivity contribution in [1.82, 2.24) is 4.90 Å². The van der Waals surface area contributed by atoms with E-state index >= 15 is 0 Å². The van der Waals surface area contributed by atoms with Gasteiger partial charge in [-0.15, -0.1) is 0 Å². The normalized spacial score (nSPS) is 20.2. The maximum absolute atomic E-state index is 12.9. The fraction of sp³-hybridized carbons (Fsp3) is 0.348. The van der Waals surface area contributed by atoms with E-state index in [9.17, 15) is 9.90 Å². The summed E-state index contributed by atoms with van der Waals surface area (Å²) in [5, 5.41) is 10.5. The number of likely N-dealkylation sites (tertiary alicyclic amines) is 1. The van der Waals surface area contributed by atoms with E-state index in [2.05, 4.69) is 11.8 Å². The number of allylic oxidation sites excluding steroid dienone is 1. The summed E-state index contributed by atoms with van der Waals surface area (Å²) < 4.78 is 16.7. The molecular weight excluding hydrogens is 370 g/mol. The molecule has 0 atom stereocenters. The average Bonchev–Trinajstić information content (AvgIpc) is 3.30. The Kier molecular flexibility index (Phi) is 4.43. The van der Waals surface area contributed by atoms with Gasteiger partial charge in [0.25, 0.3) is 0 Å². The number of hydrogen-bond acceptors (Lipinski definition) is 6. The maximum atomic E-state index is 12.9. The lowest BCUT2D eigenvalue weighted by molar-refractivity contribution is 0.101. The SMILES string of the molecule is CC1CCN(Cc2c(O)ccc3c2O/C(=C\c2ccc4c(c2)OCO4)C3=O)CC1. The van der Waals surface area contributed by atoms with E-state index in [0.29, 0.717) is 34.9 Å². The van der Waals surface area contributed by atoms with Crippen LogP contribution in [-0.2, 0) is 6.54 Å². The summed E-state index contributed by atoms with van der Waals surface area (Å²) in [5.74, 6) is 2.79. The number of benzene rings is 2. The van der Waals surface area contributed by atoms with Crippen LogP contribution in [0.1, 0.15) is 41.3 Å². The topological polar surface area (TPSA) is 68.2 Å². The molecule has 1 saturated heterocycles. The van der Waals surface area contributed by atoms with Crippen molar-refractivity contribution in [1.29, 1.82) is 0 Å². The first kappa shape index (κ1) is 18.1. The second-order valence-corrected chi connectivity index (χ2v) is 7.95. The summed E-state index contributed by atoms with van der Waals surface area (Å²) in [7, 11) is 0. The van der Waals surface area contributed by atoms with Gasteiger partial charge in [0.15, 0.2) is 17.3 Å². The quantitative estimate of drug-likeness (QED) is 0.796. The molecule has 3 aliphatic rings. The summed E-state index contributed by atoms with van der Waals surface area (Å²) in [6.45, 7) is 5.01. The summed E-state index contributed by atoms with van der Waals surface area (Å²) in [6, 6.07) is 8.71. The molecule has 2 aromatic rings. The molecule has 0 amide bonds. The summed E-state index contributed by atoms with van der Waals surface area (Å²) in [6.07, 6.45) is 3.99. The van der Waals surface area contributed by atoms with Gasteiger partial charge in [-0.3, -0.25) is 9.69 Å². The Balaban J connectivity index is 1.43. The number of ketones is 1. The highest BCUT2D eigenvalue weighted by Crippen LogP contribution is 2.41. The number of phenolic OH excluding ortho intramolecular Hbond substituents is 1. The second kappa shape index (κ2) is 7.12. The van der Waals surface area contributed by atoms with Crippen LogP contribution < -0.4 is 14.2 Å². The lowest BCUT2D eigenvalue weighted by Crippen LogP contribution is -2.32. The number of Topliss-reactive ketones (excluding diaryl/α,β-unsaturated/α-hetero) is 1. The van der Waals surface area contributed by atoms with Gasteiger partial charge in [-0.25, -0.2) is 0 Å². The maximum Gasteiger partial charge on any atom is 0.231 e. The van der Waals surface area contributed by atoms with E-state index in [4.69, 9.17) is 14.2 Å². The summed E-state index contributed by atoms with van der Waals surface area (Å²) in [5.41, 5.74) is 1.97. The monoisotopic (exact) mass is 393 g/mol. The summed E-state index contributed by atoms with van der Waals surface area (Å²) >= 11 is 0. The van der Waals surface area contributed by atoms with Gasteiger partial charge < -0.3 is 19.3 Å². The van der Waals surface area contributed by atoms with E-state index < -0.39 is 0 Å². The standard InChI is InChI=1S/C23H23NO5/c1-14-6-8-24(9-7-14)12-17-18(25)4-3-16-22(26)21(29-23(16)17)11-15-2-5-19-20(10-15)28-13-27-19/h2-5,10-11,14,25H,6-9,12-13H2,1H3/b21-11-. The van der Waals surface area contributed by atoms with E-state index in [0.717, 1.165) is 37.4 Å². The van der Waals surface area contributed by atoms with Crippen molar-refractivity contribution in [3.8, 4) is 23.0 Å². The fourth-order valence-electron chi connectivity index (χ4n) is 4.05. The molecule has 5 rings (SSSR count). The van der Waals surface area contributed by atoms with Crippen LogP contribution in [0.2, 0.25) is 0 Å². The molecule has 0 spiro atoms. The van der Waals surface area contributed by atoms with Crippen molar-refractivity contribution < 1.29 is 24.1 Å². The molecule has 29 heavy (non-hydrogen) atoms. The van der Waals surface area contributed by atoms with Gasteiger partial charge in [0, 0.05) is 6.54 Å². The number of carbonyl (C=O) groups excluding carboxylic acids is 1. The van der Waals surface area contributed by atoms with Crippen molar-refractivity contribution in [3.05, 3.63) is 52.8 Å². The van der Waals surface area contributed by atoms with Gasteiger partial charge in [-0.1, -0.05) is 13.0 Å². The molecule has 0 radical (unpaired) electrons. The van der Waals surface area contributed by atoms with Crippen molar-refractivity contribution in [2.45, 2.75) is 26.3 Å². The Labute approximate surface area is 169 Å². The number of fused-ring (bicyclic) bond motifs is 2. The van der Waals surface area contributed by atoms with Gasteiger partial charge in [-0.05, 0) is 67.8 Å². The van der Waals surface area contributed by atoms with E-state index in [1.165, 1.54) is 0 Å². The van der Waals surface area contributed by atoms with Crippen LogP contribution in [0.3, 0.4) is 0 Å². The predicted octanol–water partition coefficient (Wildman–Crippen LogP) is 3.97. The van der Waals surface area contributed by atoms with Crippen LogP contribution in [0.5, 0.6) is 23.0 Å². The van der Waals surface area contributed by atoms with Gasteiger partial charge in [0.1, 0.15) is 11.5 Å². The highest BCUT2D eigenvalue weighted by molar-refractivity contribution is 6.15. The highest BCUT2D eigenvalue weighted by Gasteiger charge is 2.32. The molecular formula is C23H23NO5. The molecule has 6 heteroatoms. The third kappa shape index (κ3) is 3.34. The first-order valence-corrected chi connectivity index (χ1v) is 9.99. The van der Waals surface area contributed by atoms with E-state index in [-0.39, 0.29) is 24.1 Å². The second-order valence-electron chi connectivity index (χ2n) is 7.95. The number of nitrogens with zero attached hydrogens (tertiary/aromatic N) is 1. The van der Waals surface area contributed by atoms with Crippen molar-refractivity contribution >= 4 is 11.9 Å². The lowest BCUT2D eigenvalue weighted by atomic mass is 9.98. The number of carbonyl (C=O) groups is 1. The number of ether oxygens (including phenoxy) is 3. The van der Waals surface area contributed by atoms with Crippen LogP contribution in [0, 0.1) is 5.92 Å². The fourth-order valence-corrected chi connectivity index (χ4v) is 4.05. The summed E-state index contributed by atoms with van der Waals surface area (Å²) in [4.78, 5) is 15.2. The van der Waals surface area contributed by atoms with Gasteiger partial charge in [-0.2, -0.15) is 0 Å². The van der Waals surface area contributed by atoms with Crippen LogP contribution in [0.25, 0.3) is 6.08 Å². The third-order valence-corrected chi connectivity index (χ3v) is 5.87. The number of piperidine rings is 1. The minimum absolute atomic E-state index is 0.166. The Morgan fingerprint density at radius 1 is 1.14 bits per heavy atom. The molecule has 0 aliphatic carbocycles. The van der Waals surface area contributed by atoms with E-state index in [1.807, 2.05) is 18.2 Å². The van der Waals surface area contributed by atoms with Gasteiger partial charge >= 0.3 is 0 Å².